The minimum Gasteiger partial charge on any atom is -0.428 e. The molecule has 0 aromatic carbocycles. The Labute approximate surface area is 89.5 Å². The molecule has 0 aliphatic heterocycles. The molecule has 4 nitrogen and oxygen atoms in total. The van der Waals surface area contributed by atoms with Crippen molar-refractivity contribution in [3.63, 3.8) is 0 Å². The standard InChI is InChI=1S/C11H17N3O/c12-6-7-14(8-4-5-8)11-13-9-2-1-3-10(9)15-11/h8H,1-7,12H2. The molecule has 1 aromatic heterocycles. The second-order valence-electron chi connectivity index (χ2n) is 4.43. The normalized spacial score (nSPS) is 19.3. The SMILES string of the molecule is NCCN(c1nc2c(o1)CCC2)C1CC1. The van der Waals surface area contributed by atoms with Gasteiger partial charge in [-0.3, -0.25) is 0 Å². The van der Waals surface area contributed by atoms with Crippen LogP contribution in [-0.4, -0.2) is 24.1 Å². The van der Waals surface area contributed by atoms with Gasteiger partial charge in [-0.15, -0.1) is 0 Å². The van der Waals surface area contributed by atoms with E-state index >= 15 is 0 Å². The summed E-state index contributed by atoms with van der Waals surface area (Å²) >= 11 is 0. The smallest absolute Gasteiger partial charge is 0.297 e. The molecule has 1 aromatic rings. The monoisotopic (exact) mass is 207 g/mol. The lowest BCUT2D eigenvalue weighted by atomic mass is 10.4. The number of aromatic nitrogens is 1. The Balaban J connectivity index is 1.82. The molecule has 0 amide bonds. The van der Waals surface area contributed by atoms with Crippen molar-refractivity contribution in [1.29, 1.82) is 0 Å². The first kappa shape index (κ1) is 9.21. The Kier molecular flexibility index (Phi) is 2.16. The fourth-order valence-electron chi connectivity index (χ4n) is 2.26. The average Bonchev–Trinajstić information content (AvgIpc) is 2.82. The number of hydrogen-bond donors (Lipinski definition) is 1. The quantitative estimate of drug-likeness (QED) is 0.803. The summed E-state index contributed by atoms with van der Waals surface area (Å²) in [7, 11) is 0. The highest BCUT2D eigenvalue weighted by molar-refractivity contribution is 5.35. The average molecular weight is 207 g/mol. The van der Waals surface area contributed by atoms with Crippen molar-refractivity contribution in [3.8, 4) is 0 Å². The second kappa shape index (κ2) is 3.52. The predicted molar refractivity (Wildman–Crippen MR) is 58.0 cm³/mol. The molecule has 2 aliphatic rings. The Bertz CT molecular complexity index is 335. The molecule has 0 atom stereocenters. The maximum atomic E-state index is 5.80. The van der Waals surface area contributed by atoms with Crippen molar-refractivity contribution in [3.05, 3.63) is 11.5 Å². The van der Waals surface area contributed by atoms with Gasteiger partial charge in [-0.2, -0.15) is 4.98 Å². The molecule has 15 heavy (non-hydrogen) atoms. The van der Waals surface area contributed by atoms with Crippen molar-refractivity contribution in [2.75, 3.05) is 18.0 Å². The first-order valence-corrected chi connectivity index (χ1v) is 5.84. The van der Waals surface area contributed by atoms with Gasteiger partial charge >= 0.3 is 0 Å². The molecule has 0 spiro atoms. The Morgan fingerprint density at radius 3 is 2.93 bits per heavy atom. The Morgan fingerprint density at radius 2 is 2.27 bits per heavy atom. The third-order valence-electron chi connectivity index (χ3n) is 3.19. The molecule has 82 valence electrons. The van der Waals surface area contributed by atoms with Gasteiger partial charge in [0.25, 0.3) is 6.01 Å². The van der Waals surface area contributed by atoms with Crippen LogP contribution in [-0.2, 0) is 12.8 Å². The van der Waals surface area contributed by atoms with E-state index in [2.05, 4.69) is 9.88 Å². The van der Waals surface area contributed by atoms with Gasteiger partial charge in [-0.25, -0.2) is 0 Å². The first-order valence-electron chi connectivity index (χ1n) is 5.84. The highest BCUT2D eigenvalue weighted by Gasteiger charge is 2.32. The van der Waals surface area contributed by atoms with E-state index in [0.717, 1.165) is 31.2 Å². The minimum atomic E-state index is 0.632. The minimum absolute atomic E-state index is 0.632. The summed E-state index contributed by atoms with van der Waals surface area (Å²) in [6.07, 6.45) is 5.85. The van der Waals surface area contributed by atoms with Crippen LogP contribution < -0.4 is 10.6 Å². The number of oxazole rings is 1. The van der Waals surface area contributed by atoms with Gasteiger partial charge < -0.3 is 15.1 Å². The van der Waals surface area contributed by atoms with Gasteiger partial charge in [-0.05, 0) is 25.7 Å². The highest BCUT2D eigenvalue weighted by Crippen LogP contribution is 2.33. The zero-order chi connectivity index (χ0) is 10.3. The molecule has 0 saturated heterocycles. The van der Waals surface area contributed by atoms with Crippen LogP contribution in [0.15, 0.2) is 4.42 Å². The van der Waals surface area contributed by atoms with Crippen LogP contribution in [0.2, 0.25) is 0 Å². The van der Waals surface area contributed by atoms with E-state index in [1.807, 2.05) is 0 Å². The van der Waals surface area contributed by atoms with E-state index in [1.54, 1.807) is 0 Å². The number of nitrogens with zero attached hydrogens (tertiary/aromatic N) is 2. The number of aryl methyl sites for hydroxylation is 2. The fraction of sp³-hybridized carbons (Fsp3) is 0.727. The zero-order valence-corrected chi connectivity index (χ0v) is 8.91. The van der Waals surface area contributed by atoms with E-state index < -0.39 is 0 Å². The molecule has 0 bridgehead atoms. The van der Waals surface area contributed by atoms with Crippen LogP contribution in [0.5, 0.6) is 0 Å². The molecule has 0 radical (unpaired) electrons. The maximum Gasteiger partial charge on any atom is 0.297 e. The third kappa shape index (κ3) is 1.63. The fourth-order valence-corrected chi connectivity index (χ4v) is 2.26. The first-order chi connectivity index (χ1) is 7.38. The van der Waals surface area contributed by atoms with Crippen molar-refractivity contribution in [1.82, 2.24) is 4.98 Å². The molecule has 1 saturated carbocycles. The Morgan fingerprint density at radius 1 is 1.40 bits per heavy atom. The van der Waals surface area contributed by atoms with Crippen LogP contribution >= 0.6 is 0 Å². The molecule has 3 rings (SSSR count). The number of hydrogen-bond acceptors (Lipinski definition) is 4. The lowest BCUT2D eigenvalue weighted by molar-refractivity contribution is 0.492. The summed E-state index contributed by atoms with van der Waals surface area (Å²) in [4.78, 5) is 6.81. The number of rotatable bonds is 4. The van der Waals surface area contributed by atoms with Crippen LogP contribution in [0, 0.1) is 0 Å². The molecule has 1 fully saturated rings. The largest absolute Gasteiger partial charge is 0.428 e. The van der Waals surface area contributed by atoms with E-state index in [4.69, 9.17) is 10.2 Å². The lowest BCUT2D eigenvalue weighted by Gasteiger charge is -2.18. The topological polar surface area (TPSA) is 55.3 Å². The van der Waals surface area contributed by atoms with Crippen molar-refractivity contribution in [2.24, 2.45) is 5.73 Å². The molecule has 4 heteroatoms. The number of nitrogens with two attached hydrogens (primary N) is 1. The van der Waals surface area contributed by atoms with Gasteiger partial charge in [0.1, 0.15) is 5.76 Å². The number of fused-ring (bicyclic) bond motifs is 1. The van der Waals surface area contributed by atoms with Crippen LogP contribution in [0.4, 0.5) is 6.01 Å². The van der Waals surface area contributed by atoms with E-state index in [-0.39, 0.29) is 0 Å². The summed E-state index contributed by atoms with van der Waals surface area (Å²) < 4.78 is 5.80. The molecule has 0 unspecified atom stereocenters. The van der Waals surface area contributed by atoms with Crippen molar-refractivity contribution < 1.29 is 4.42 Å². The summed E-state index contributed by atoms with van der Waals surface area (Å²) in [5.41, 5.74) is 6.79. The van der Waals surface area contributed by atoms with Crippen LogP contribution in [0.25, 0.3) is 0 Å². The zero-order valence-electron chi connectivity index (χ0n) is 8.91. The molecule has 2 N–H and O–H groups in total. The third-order valence-corrected chi connectivity index (χ3v) is 3.19. The van der Waals surface area contributed by atoms with Crippen molar-refractivity contribution >= 4 is 6.01 Å². The van der Waals surface area contributed by atoms with Gasteiger partial charge in [0.05, 0.1) is 5.69 Å². The van der Waals surface area contributed by atoms with Gasteiger partial charge in [0.2, 0.25) is 0 Å². The van der Waals surface area contributed by atoms with E-state index in [1.165, 1.54) is 25.0 Å². The summed E-state index contributed by atoms with van der Waals surface area (Å²) in [5.74, 6) is 1.10. The summed E-state index contributed by atoms with van der Waals surface area (Å²) in [6, 6.07) is 1.44. The molecular formula is C11H17N3O. The lowest BCUT2D eigenvalue weighted by Crippen LogP contribution is -2.31. The molecule has 2 aliphatic carbocycles. The Hall–Kier alpha value is -1.03. The molecule has 1 heterocycles. The molecular weight excluding hydrogens is 190 g/mol. The van der Waals surface area contributed by atoms with Crippen LogP contribution in [0.3, 0.4) is 0 Å². The summed E-state index contributed by atoms with van der Waals surface area (Å²) in [6.45, 7) is 1.54. The second-order valence-corrected chi connectivity index (χ2v) is 4.43. The van der Waals surface area contributed by atoms with Crippen molar-refractivity contribution in [2.45, 2.75) is 38.1 Å². The van der Waals surface area contributed by atoms with Gasteiger partial charge in [-0.1, -0.05) is 0 Å². The predicted octanol–water partition coefficient (Wildman–Crippen LogP) is 1.09. The maximum absolute atomic E-state index is 5.80. The highest BCUT2D eigenvalue weighted by atomic mass is 16.4. The van der Waals surface area contributed by atoms with Gasteiger partial charge in [0.15, 0.2) is 0 Å². The van der Waals surface area contributed by atoms with E-state index in [0.29, 0.717) is 12.6 Å². The summed E-state index contributed by atoms with van der Waals surface area (Å²) in [5, 5.41) is 0. The van der Waals surface area contributed by atoms with Crippen LogP contribution in [0.1, 0.15) is 30.7 Å². The van der Waals surface area contributed by atoms with E-state index in [9.17, 15) is 0 Å². The van der Waals surface area contributed by atoms with Gasteiger partial charge in [0, 0.05) is 25.6 Å². The number of anilines is 1.